The lowest BCUT2D eigenvalue weighted by atomic mass is 10.1. The molecule has 1 aliphatic heterocycles. The van der Waals surface area contributed by atoms with Crippen LogP contribution in [0.2, 0.25) is 0 Å². The maximum Gasteiger partial charge on any atom is 0.315 e. The van der Waals surface area contributed by atoms with Gasteiger partial charge in [-0.1, -0.05) is 6.92 Å². The summed E-state index contributed by atoms with van der Waals surface area (Å²) < 4.78 is 0. The molecule has 1 heterocycles. The van der Waals surface area contributed by atoms with Crippen molar-refractivity contribution < 1.29 is 19.9 Å². The molecule has 1 saturated heterocycles. The van der Waals surface area contributed by atoms with Crippen molar-refractivity contribution in [3.8, 4) is 11.5 Å². The minimum atomic E-state index is -0.828. The number of likely N-dealkylation sites (N-methyl/N-ethyl adjacent to an activating group) is 1. The van der Waals surface area contributed by atoms with Crippen molar-refractivity contribution >= 4 is 11.5 Å². The molecule has 0 atom stereocenters. The van der Waals surface area contributed by atoms with Crippen molar-refractivity contribution in [3.05, 3.63) is 27.8 Å². The molecule has 1 fully saturated rings. The van der Waals surface area contributed by atoms with Gasteiger partial charge in [0.15, 0.2) is 11.5 Å². The predicted molar refractivity (Wildman–Crippen MR) is 79.3 cm³/mol. The second kappa shape index (κ2) is 6.71. The van der Waals surface area contributed by atoms with Crippen molar-refractivity contribution in [1.82, 2.24) is 9.80 Å². The number of carbonyl (C=O) groups is 1. The van der Waals surface area contributed by atoms with E-state index in [-0.39, 0.29) is 17.9 Å². The molecule has 1 aliphatic rings. The van der Waals surface area contributed by atoms with Gasteiger partial charge in [-0.25, -0.2) is 0 Å². The van der Waals surface area contributed by atoms with Crippen molar-refractivity contribution in [2.24, 2.45) is 0 Å². The van der Waals surface area contributed by atoms with Crippen LogP contribution in [0.5, 0.6) is 11.5 Å². The molecule has 0 spiro atoms. The Bertz CT molecular complexity index is 582. The summed E-state index contributed by atoms with van der Waals surface area (Å²) in [7, 11) is 0. The zero-order valence-electron chi connectivity index (χ0n) is 12.4. The fraction of sp³-hybridized carbons (Fsp3) is 0.500. The average Bonchev–Trinajstić information content (AvgIpc) is 2.50. The summed E-state index contributed by atoms with van der Waals surface area (Å²) in [5.74, 6) is -1.80. The van der Waals surface area contributed by atoms with E-state index in [0.29, 0.717) is 0 Å². The van der Waals surface area contributed by atoms with Crippen molar-refractivity contribution in [1.29, 1.82) is 0 Å². The molecule has 0 aliphatic carbocycles. The van der Waals surface area contributed by atoms with Crippen LogP contribution in [0.1, 0.15) is 17.3 Å². The Hall–Kier alpha value is -2.19. The summed E-state index contributed by atoms with van der Waals surface area (Å²) in [6, 6.07) is 2.06. The van der Waals surface area contributed by atoms with Crippen LogP contribution >= 0.6 is 0 Å². The molecular formula is C14H19N3O5. The van der Waals surface area contributed by atoms with Crippen LogP contribution in [0.4, 0.5) is 5.69 Å². The quantitative estimate of drug-likeness (QED) is 0.359. The molecule has 0 saturated carbocycles. The van der Waals surface area contributed by atoms with Crippen LogP contribution in [-0.2, 0) is 0 Å². The third kappa shape index (κ3) is 3.52. The fourth-order valence-corrected chi connectivity index (χ4v) is 2.46. The Labute approximate surface area is 127 Å². The summed E-state index contributed by atoms with van der Waals surface area (Å²) >= 11 is 0. The molecule has 2 N–H and O–H groups in total. The molecule has 120 valence electrons. The van der Waals surface area contributed by atoms with E-state index in [1.165, 1.54) is 0 Å². The normalized spacial score (nSPS) is 16.6. The van der Waals surface area contributed by atoms with E-state index in [4.69, 9.17) is 0 Å². The zero-order valence-corrected chi connectivity index (χ0v) is 12.4. The first-order valence-corrected chi connectivity index (χ1v) is 7.10. The average molecular weight is 309 g/mol. The molecular weight excluding hydrogens is 290 g/mol. The van der Waals surface area contributed by atoms with Crippen molar-refractivity contribution in [2.75, 3.05) is 39.3 Å². The van der Waals surface area contributed by atoms with Gasteiger partial charge in [0.05, 0.1) is 11.5 Å². The van der Waals surface area contributed by atoms with Gasteiger partial charge in [0.25, 0.3) is 0 Å². The van der Waals surface area contributed by atoms with Crippen molar-refractivity contribution in [3.63, 3.8) is 0 Å². The highest BCUT2D eigenvalue weighted by Gasteiger charge is 2.23. The van der Waals surface area contributed by atoms with E-state index >= 15 is 0 Å². The number of piperazine rings is 1. The first-order valence-electron chi connectivity index (χ1n) is 7.10. The van der Waals surface area contributed by atoms with Gasteiger partial charge in [0, 0.05) is 37.8 Å². The van der Waals surface area contributed by atoms with Crippen LogP contribution in [0.25, 0.3) is 0 Å². The molecule has 0 amide bonds. The Balaban J connectivity index is 2.09. The van der Waals surface area contributed by atoms with Crippen LogP contribution in [0.15, 0.2) is 12.1 Å². The van der Waals surface area contributed by atoms with E-state index in [1.807, 2.05) is 4.90 Å². The number of phenolic OH excluding ortho intramolecular Hbond substituents is 2. The van der Waals surface area contributed by atoms with Gasteiger partial charge in [-0.05, 0) is 12.6 Å². The smallest absolute Gasteiger partial charge is 0.315 e. The minimum absolute atomic E-state index is 0.0277. The minimum Gasteiger partial charge on any atom is -0.504 e. The Morgan fingerprint density at radius 1 is 1.23 bits per heavy atom. The van der Waals surface area contributed by atoms with E-state index < -0.39 is 22.1 Å². The second-order valence-corrected chi connectivity index (χ2v) is 5.25. The SMILES string of the molecule is CCN1CCN(CC(=O)c2cc(O)c(O)c([N+](=O)[O-])c2)CC1. The molecule has 8 heteroatoms. The topological polar surface area (TPSA) is 107 Å². The Morgan fingerprint density at radius 3 is 2.36 bits per heavy atom. The number of hydrogen-bond acceptors (Lipinski definition) is 7. The summed E-state index contributed by atoms with van der Waals surface area (Å²) in [6.45, 7) is 6.46. The molecule has 0 aromatic heterocycles. The number of nitrogens with zero attached hydrogens (tertiary/aromatic N) is 3. The predicted octanol–water partition coefficient (Wildman–Crippen LogP) is 0.826. The van der Waals surface area contributed by atoms with Crippen molar-refractivity contribution in [2.45, 2.75) is 6.92 Å². The number of phenols is 2. The van der Waals surface area contributed by atoms with Gasteiger partial charge in [-0.15, -0.1) is 0 Å². The first kappa shape index (κ1) is 16.2. The Kier molecular flexibility index (Phi) is 4.94. The molecule has 8 nitrogen and oxygen atoms in total. The van der Waals surface area contributed by atoms with E-state index in [9.17, 15) is 25.1 Å². The third-order valence-corrected chi connectivity index (χ3v) is 3.87. The lowest BCUT2D eigenvalue weighted by Crippen LogP contribution is -2.47. The highest BCUT2D eigenvalue weighted by molar-refractivity contribution is 5.99. The molecule has 1 aromatic rings. The molecule has 2 rings (SSSR count). The summed E-state index contributed by atoms with van der Waals surface area (Å²) in [4.78, 5) is 26.5. The van der Waals surface area contributed by atoms with Gasteiger partial charge in [0.1, 0.15) is 0 Å². The van der Waals surface area contributed by atoms with E-state index in [1.54, 1.807) is 0 Å². The van der Waals surface area contributed by atoms with Gasteiger partial charge < -0.3 is 15.1 Å². The highest BCUT2D eigenvalue weighted by atomic mass is 16.6. The van der Waals surface area contributed by atoms with Gasteiger partial charge >= 0.3 is 5.69 Å². The molecule has 0 unspecified atom stereocenters. The molecule has 0 radical (unpaired) electrons. The number of Topliss-reactive ketones (excluding diaryl/α,β-unsaturated/α-hetero) is 1. The van der Waals surface area contributed by atoms with Crippen LogP contribution in [-0.4, -0.2) is 70.0 Å². The first-order chi connectivity index (χ1) is 10.4. The van der Waals surface area contributed by atoms with E-state index in [0.717, 1.165) is 44.9 Å². The maximum absolute atomic E-state index is 12.2. The monoisotopic (exact) mass is 309 g/mol. The third-order valence-electron chi connectivity index (χ3n) is 3.87. The van der Waals surface area contributed by atoms with Crippen LogP contribution in [0, 0.1) is 10.1 Å². The molecule has 22 heavy (non-hydrogen) atoms. The summed E-state index contributed by atoms with van der Waals surface area (Å²) in [6.07, 6.45) is 0. The number of nitro groups is 1. The lowest BCUT2D eigenvalue weighted by molar-refractivity contribution is -0.386. The molecule has 1 aromatic carbocycles. The van der Waals surface area contributed by atoms with E-state index in [2.05, 4.69) is 11.8 Å². The fourth-order valence-electron chi connectivity index (χ4n) is 2.46. The number of aromatic hydroxyl groups is 2. The second-order valence-electron chi connectivity index (χ2n) is 5.25. The van der Waals surface area contributed by atoms with Crippen LogP contribution < -0.4 is 0 Å². The molecule has 0 bridgehead atoms. The number of carbonyl (C=O) groups excluding carboxylic acids is 1. The van der Waals surface area contributed by atoms with Gasteiger partial charge in [-0.3, -0.25) is 19.8 Å². The maximum atomic E-state index is 12.2. The number of rotatable bonds is 5. The summed E-state index contributed by atoms with van der Waals surface area (Å²) in [5, 5.41) is 29.8. The number of benzene rings is 1. The van der Waals surface area contributed by atoms with Gasteiger partial charge in [0.2, 0.25) is 5.75 Å². The zero-order chi connectivity index (χ0) is 16.3. The summed E-state index contributed by atoms with van der Waals surface area (Å²) in [5.41, 5.74) is -0.640. The standard InChI is InChI=1S/C14H19N3O5/c1-2-15-3-5-16(6-4-15)9-13(19)10-7-11(17(21)22)14(20)12(18)8-10/h7-8,18,20H,2-6,9H2,1H3. The number of ketones is 1. The highest BCUT2D eigenvalue weighted by Crippen LogP contribution is 2.36. The van der Waals surface area contributed by atoms with Crippen LogP contribution in [0.3, 0.4) is 0 Å². The Morgan fingerprint density at radius 2 is 1.82 bits per heavy atom. The van der Waals surface area contributed by atoms with Gasteiger partial charge in [-0.2, -0.15) is 0 Å². The largest absolute Gasteiger partial charge is 0.504 e. The number of nitro benzene ring substituents is 1. The lowest BCUT2D eigenvalue weighted by Gasteiger charge is -2.33. The number of hydrogen-bond donors (Lipinski definition) is 2.